The lowest BCUT2D eigenvalue weighted by Gasteiger charge is -2.54. The van der Waals surface area contributed by atoms with Gasteiger partial charge in [-0.1, -0.05) is 0 Å². The fraction of sp³-hybridized carbons (Fsp3) is 1.00. The van der Waals surface area contributed by atoms with Crippen LogP contribution < -0.4 is 0 Å². The first kappa shape index (κ1) is 18.9. The van der Waals surface area contributed by atoms with Gasteiger partial charge in [0.2, 0.25) is 0 Å². The van der Waals surface area contributed by atoms with Gasteiger partial charge in [0.05, 0.1) is 13.2 Å². The predicted molar refractivity (Wildman–Crippen MR) is 68.7 cm³/mol. The fourth-order valence-corrected chi connectivity index (χ4v) is 3.00. The third-order valence-electron chi connectivity index (χ3n) is 4.42. The van der Waals surface area contributed by atoms with E-state index < -0.39 is 73.9 Å². The minimum absolute atomic E-state index is 0.774. The van der Waals surface area contributed by atoms with Crippen LogP contribution in [0.1, 0.15) is 0 Å². The van der Waals surface area contributed by atoms with Crippen LogP contribution in [0.5, 0.6) is 0 Å². The van der Waals surface area contributed by atoms with E-state index in [1.165, 1.54) is 0 Å². The lowest BCUT2D eigenvalue weighted by Crippen LogP contribution is -2.77. The van der Waals surface area contributed by atoms with Crippen LogP contribution >= 0.6 is 0 Å². The Morgan fingerprint density at radius 3 is 1.87 bits per heavy atom. The van der Waals surface area contributed by atoms with E-state index in [0.717, 1.165) is 0 Å². The minimum atomic E-state index is -2.64. The van der Waals surface area contributed by atoms with Crippen molar-refractivity contribution in [1.82, 2.24) is 0 Å². The Hall–Kier alpha value is -0.440. The van der Waals surface area contributed by atoms with Crippen LogP contribution in [0, 0.1) is 0 Å². The molecule has 10 atom stereocenters. The zero-order valence-electron chi connectivity index (χ0n) is 12.0. The number of rotatable bonds is 3. The Labute approximate surface area is 130 Å². The number of hydrogen-bond acceptors (Lipinski definition) is 11. The first-order valence-electron chi connectivity index (χ1n) is 7.03. The molecule has 0 aromatic rings. The number of aliphatic hydroxyl groups excluding tert-OH is 8. The summed E-state index contributed by atoms with van der Waals surface area (Å²) in [6.45, 7) is -1.70. The van der Waals surface area contributed by atoms with E-state index in [2.05, 4.69) is 0 Å². The zero-order valence-corrected chi connectivity index (χ0v) is 12.0. The molecule has 0 aromatic heterocycles. The van der Waals surface area contributed by atoms with Crippen LogP contribution in [-0.2, 0) is 9.47 Å². The maximum absolute atomic E-state index is 10.7. The van der Waals surface area contributed by atoms with Crippen LogP contribution in [0.25, 0.3) is 0 Å². The molecule has 0 aliphatic carbocycles. The third-order valence-corrected chi connectivity index (χ3v) is 4.42. The SMILES string of the molecule is OC[C@H]1OC([C@]2(O)[C@H](O)[C@@H](O)[C@H](O)O[C@@H]2CO)[C@H](O)[C@@H](O)[C@H]1O. The van der Waals surface area contributed by atoms with Gasteiger partial charge in [-0.3, -0.25) is 0 Å². The van der Waals surface area contributed by atoms with Gasteiger partial charge in [-0.05, 0) is 0 Å². The highest BCUT2D eigenvalue weighted by molar-refractivity contribution is 5.11. The summed E-state index contributed by atoms with van der Waals surface area (Å²) in [5.41, 5.74) is -2.64. The van der Waals surface area contributed by atoms with Gasteiger partial charge in [0.25, 0.3) is 0 Å². The average molecular weight is 342 g/mol. The van der Waals surface area contributed by atoms with E-state index in [9.17, 15) is 40.9 Å². The summed E-state index contributed by atoms with van der Waals surface area (Å²) in [7, 11) is 0. The van der Waals surface area contributed by atoms with Crippen molar-refractivity contribution in [1.29, 1.82) is 0 Å². The van der Waals surface area contributed by atoms with Gasteiger partial charge in [0.1, 0.15) is 48.8 Å². The molecule has 2 heterocycles. The summed E-state index contributed by atoms with van der Waals surface area (Å²) in [5, 5.41) is 88.0. The zero-order chi connectivity index (χ0) is 17.5. The van der Waals surface area contributed by atoms with Crippen molar-refractivity contribution in [2.24, 2.45) is 0 Å². The van der Waals surface area contributed by atoms with E-state index in [1.54, 1.807) is 0 Å². The molecule has 0 spiro atoms. The molecule has 0 amide bonds. The van der Waals surface area contributed by atoms with Gasteiger partial charge in [-0.25, -0.2) is 0 Å². The summed E-state index contributed by atoms with van der Waals surface area (Å²) in [6.07, 6.45) is -16.4. The molecule has 0 radical (unpaired) electrons. The van der Waals surface area contributed by atoms with E-state index in [4.69, 9.17) is 14.6 Å². The van der Waals surface area contributed by atoms with Crippen molar-refractivity contribution in [2.45, 2.75) is 60.7 Å². The Balaban J connectivity index is 2.38. The first-order chi connectivity index (χ1) is 10.7. The smallest absolute Gasteiger partial charge is 0.184 e. The second-order valence-electron chi connectivity index (χ2n) is 5.77. The molecular formula is C12H22O11. The Kier molecular flexibility index (Phi) is 5.60. The maximum atomic E-state index is 10.7. The quantitative estimate of drug-likeness (QED) is 0.236. The van der Waals surface area contributed by atoms with Crippen molar-refractivity contribution in [3.8, 4) is 0 Å². The molecule has 0 bridgehead atoms. The van der Waals surface area contributed by atoms with Crippen LogP contribution in [0.3, 0.4) is 0 Å². The van der Waals surface area contributed by atoms with Gasteiger partial charge >= 0.3 is 0 Å². The van der Waals surface area contributed by atoms with E-state index in [1.807, 2.05) is 0 Å². The molecule has 136 valence electrons. The van der Waals surface area contributed by atoms with E-state index in [-0.39, 0.29) is 0 Å². The molecule has 11 nitrogen and oxygen atoms in total. The highest BCUT2D eigenvalue weighted by atomic mass is 16.6. The van der Waals surface area contributed by atoms with Crippen LogP contribution in [0.2, 0.25) is 0 Å². The molecule has 23 heavy (non-hydrogen) atoms. The summed E-state index contributed by atoms with van der Waals surface area (Å²) in [4.78, 5) is 0. The first-order valence-corrected chi connectivity index (χ1v) is 7.03. The normalized spacial score (nSPS) is 54.9. The van der Waals surface area contributed by atoms with Crippen LogP contribution in [0.4, 0.5) is 0 Å². The van der Waals surface area contributed by atoms with Crippen molar-refractivity contribution >= 4 is 0 Å². The van der Waals surface area contributed by atoms with Crippen LogP contribution in [0.15, 0.2) is 0 Å². The molecule has 1 unspecified atom stereocenters. The van der Waals surface area contributed by atoms with Crippen molar-refractivity contribution < 1.29 is 55.4 Å². The summed E-state index contributed by atoms with van der Waals surface area (Å²) >= 11 is 0. The monoisotopic (exact) mass is 342 g/mol. The second kappa shape index (κ2) is 6.82. The number of hydrogen-bond donors (Lipinski definition) is 9. The lowest BCUT2D eigenvalue weighted by molar-refractivity contribution is -0.367. The van der Waals surface area contributed by atoms with Crippen molar-refractivity contribution in [3.05, 3.63) is 0 Å². The number of ether oxygens (including phenoxy) is 2. The summed E-state index contributed by atoms with van der Waals surface area (Å²) in [6, 6.07) is 0. The molecule has 2 aliphatic heterocycles. The fourth-order valence-electron chi connectivity index (χ4n) is 3.00. The molecular weight excluding hydrogens is 320 g/mol. The maximum Gasteiger partial charge on any atom is 0.184 e. The molecule has 0 saturated carbocycles. The van der Waals surface area contributed by atoms with Gasteiger partial charge in [0.15, 0.2) is 11.9 Å². The van der Waals surface area contributed by atoms with Gasteiger partial charge in [-0.2, -0.15) is 0 Å². The molecule has 2 saturated heterocycles. The highest BCUT2D eigenvalue weighted by Gasteiger charge is 2.63. The average Bonchev–Trinajstić information content (AvgIpc) is 2.54. The van der Waals surface area contributed by atoms with Crippen molar-refractivity contribution in [2.75, 3.05) is 13.2 Å². The Bertz CT molecular complexity index is 402. The molecule has 2 aliphatic rings. The molecule has 11 heteroatoms. The molecule has 2 rings (SSSR count). The molecule has 2 fully saturated rings. The van der Waals surface area contributed by atoms with Crippen LogP contribution in [-0.4, -0.2) is 120 Å². The summed E-state index contributed by atoms with van der Waals surface area (Å²) in [5.74, 6) is 0. The Morgan fingerprint density at radius 2 is 1.35 bits per heavy atom. The molecule has 0 aromatic carbocycles. The van der Waals surface area contributed by atoms with Crippen molar-refractivity contribution in [3.63, 3.8) is 0 Å². The Morgan fingerprint density at radius 1 is 0.739 bits per heavy atom. The predicted octanol–water partition coefficient (Wildman–Crippen LogP) is -6.01. The van der Waals surface area contributed by atoms with E-state index in [0.29, 0.717) is 0 Å². The minimum Gasteiger partial charge on any atom is -0.394 e. The topological polar surface area (TPSA) is 201 Å². The largest absolute Gasteiger partial charge is 0.394 e. The summed E-state index contributed by atoms with van der Waals surface area (Å²) < 4.78 is 9.97. The number of aliphatic hydroxyl groups is 9. The molecule has 9 N–H and O–H groups in total. The third kappa shape index (κ3) is 2.88. The van der Waals surface area contributed by atoms with Gasteiger partial charge < -0.3 is 55.4 Å². The van der Waals surface area contributed by atoms with E-state index >= 15 is 0 Å². The van der Waals surface area contributed by atoms with Gasteiger partial charge in [-0.15, -0.1) is 0 Å². The lowest BCUT2D eigenvalue weighted by atomic mass is 9.75. The second-order valence-corrected chi connectivity index (χ2v) is 5.77. The highest BCUT2D eigenvalue weighted by Crippen LogP contribution is 2.38. The van der Waals surface area contributed by atoms with Gasteiger partial charge in [0, 0.05) is 0 Å². The standard InChI is InChI=1S/C12H22O11/c13-1-3-5(15)6(16)7(17)10(22-3)12(21)4(2-14)23-11(20)8(18)9(12)19/h3-11,13-21H,1-2H2/t3-,4-,5+,6+,7-,8-,9-,10?,11-,12-/m1/s1.